The van der Waals surface area contributed by atoms with Gasteiger partial charge in [-0.15, -0.1) is 0 Å². The minimum absolute atomic E-state index is 0.106. The summed E-state index contributed by atoms with van der Waals surface area (Å²) in [4.78, 5) is 22.2. The summed E-state index contributed by atoms with van der Waals surface area (Å²) in [6.45, 7) is 2.05. The van der Waals surface area contributed by atoms with Gasteiger partial charge in [-0.3, -0.25) is 4.79 Å². The molecule has 27 heavy (non-hydrogen) atoms. The highest BCUT2D eigenvalue weighted by Crippen LogP contribution is 2.32. The number of aryl methyl sites for hydroxylation is 1. The zero-order valence-electron chi connectivity index (χ0n) is 15.0. The van der Waals surface area contributed by atoms with Crippen molar-refractivity contribution in [2.75, 3.05) is 18.2 Å². The molecule has 0 spiro atoms. The van der Waals surface area contributed by atoms with Gasteiger partial charge in [0.25, 0.3) is 0 Å². The number of thioether (sulfide) groups is 1. The van der Waals surface area contributed by atoms with Gasteiger partial charge in [0.2, 0.25) is 5.91 Å². The summed E-state index contributed by atoms with van der Waals surface area (Å²) < 4.78 is 5.17. The van der Waals surface area contributed by atoms with E-state index in [4.69, 9.17) is 4.74 Å². The largest absolute Gasteiger partial charge is 0.497 e. The second kappa shape index (κ2) is 9.43. The summed E-state index contributed by atoms with van der Waals surface area (Å²) in [5.41, 5.74) is 1.89. The molecule has 0 bridgehead atoms. The summed E-state index contributed by atoms with van der Waals surface area (Å²) in [7, 11) is 1.60. The smallest absolute Gasteiger partial charge is 0.234 e. The average Bonchev–Trinajstić information content (AvgIpc) is 2.67. The second-order valence-electron chi connectivity index (χ2n) is 5.65. The van der Waals surface area contributed by atoms with E-state index >= 15 is 0 Å². The minimum atomic E-state index is -0.106. The molecule has 1 heterocycles. The molecule has 1 aromatic heterocycles. The molecule has 0 aliphatic heterocycles. The Morgan fingerprint density at radius 1 is 1.07 bits per heavy atom. The molecule has 0 atom stereocenters. The van der Waals surface area contributed by atoms with Crippen LogP contribution in [0.3, 0.4) is 0 Å². The standard InChI is InChI=1S/C20H19N3O2S2/c1-14-5-3-8-17(11-14)27-20-19(21-9-10-22-20)26-13-18(24)23-15-6-4-7-16(12-15)25-2/h3-12H,13H2,1-2H3,(H,23,24). The third-order valence-corrected chi connectivity index (χ3v) is 5.62. The van der Waals surface area contributed by atoms with Crippen LogP contribution in [0.2, 0.25) is 0 Å². The molecule has 0 saturated heterocycles. The lowest BCUT2D eigenvalue weighted by molar-refractivity contribution is -0.113. The molecule has 3 rings (SSSR count). The number of hydrogen-bond acceptors (Lipinski definition) is 6. The van der Waals surface area contributed by atoms with Gasteiger partial charge in [0.15, 0.2) is 0 Å². The second-order valence-corrected chi connectivity index (χ2v) is 7.68. The van der Waals surface area contributed by atoms with Gasteiger partial charge in [-0.05, 0) is 31.2 Å². The van der Waals surface area contributed by atoms with Gasteiger partial charge in [0, 0.05) is 29.0 Å². The first-order chi connectivity index (χ1) is 13.1. The van der Waals surface area contributed by atoms with E-state index in [9.17, 15) is 4.79 Å². The Hall–Kier alpha value is -2.51. The molecular formula is C20H19N3O2S2. The van der Waals surface area contributed by atoms with E-state index in [-0.39, 0.29) is 11.7 Å². The molecule has 0 unspecified atom stereocenters. The lowest BCUT2D eigenvalue weighted by Gasteiger charge is -2.08. The van der Waals surface area contributed by atoms with Crippen LogP contribution >= 0.6 is 23.5 Å². The van der Waals surface area contributed by atoms with Crippen LogP contribution in [0.5, 0.6) is 5.75 Å². The van der Waals surface area contributed by atoms with Crippen LogP contribution in [0.15, 0.2) is 75.9 Å². The number of carbonyl (C=O) groups is 1. The van der Waals surface area contributed by atoms with E-state index in [0.717, 1.165) is 14.9 Å². The number of nitrogens with zero attached hydrogens (tertiary/aromatic N) is 2. The monoisotopic (exact) mass is 397 g/mol. The highest BCUT2D eigenvalue weighted by molar-refractivity contribution is 8.02. The van der Waals surface area contributed by atoms with Gasteiger partial charge in [-0.1, -0.05) is 47.3 Å². The zero-order chi connectivity index (χ0) is 19.1. The fourth-order valence-electron chi connectivity index (χ4n) is 2.30. The van der Waals surface area contributed by atoms with Gasteiger partial charge in [0.1, 0.15) is 15.8 Å². The number of benzene rings is 2. The van der Waals surface area contributed by atoms with Gasteiger partial charge in [-0.25, -0.2) is 9.97 Å². The van der Waals surface area contributed by atoms with Crippen molar-refractivity contribution in [3.05, 3.63) is 66.5 Å². The Morgan fingerprint density at radius 2 is 1.85 bits per heavy atom. The van der Waals surface area contributed by atoms with Crippen molar-refractivity contribution in [2.24, 2.45) is 0 Å². The molecule has 0 fully saturated rings. The Labute approximate surface area is 167 Å². The number of amides is 1. The quantitative estimate of drug-likeness (QED) is 0.584. The van der Waals surface area contributed by atoms with E-state index in [0.29, 0.717) is 11.4 Å². The topological polar surface area (TPSA) is 64.1 Å². The summed E-state index contributed by atoms with van der Waals surface area (Å²) >= 11 is 2.92. The highest BCUT2D eigenvalue weighted by Gasteiger charge is 2.11. The molecule has 7 heteroatoms. The number of anilines is 1. The van der Waals surface area contributed by atoms with Crippen molar-refractivity contribution < 1.29 is 9.53 Å². The number of methoxy groups -OCH3 is 1. The molecule has 2 aromatic carbocycles. The summed E-state index contributed by atoms with van der Waals surface area (Å²) in [5.74, 6) is 0.841. The maximum absolute atomic E-state index is 12.3. The molecule has 3 aromatic rings. The van der Waals surface area contributed by atoms with E-state index < -0.39 is 0 Å². The highest BCUT2D eigenvalue weighted by atomic mass is 32.2. The van der Waals surface area contributed by atoms with Crippen molar-refractivity contribution >= 4 is 35.1 Å². The van der Waals surface area contributed by atoms with Crippen molar-refractivity contribution in [2.45, 2.75) is 21.9 Å². The summed E-state index contributed by atoms with van der Waals surface area (Å²) in [5, 5.41) is 4.40. The molecule has 0 radical (unpaired) electrons. The number of aromatic nitrogens is 2. The van der Waals surface area contributed by atoms with Crippen molar-refractivity contribution in [1.29, 1.82) is 0 Å². The fraction of sp³-hybridized carbons (Fsp3) is 0.150. The van der Waals surface area contributed by atoms with Crippen LogP contribution in [-0.2, 0) is 4.79 Å². The number of nitrogens with one attached hydrogen (secondary N) is 1. The van der Waals surface area contributed by atoms with Crippen molar-refractivity contribution in [3.8, 4) is 5.75 Å². The minimum Gasteiger partial charge on any atom is -0.497 e. The average molecular weight is 398 g/mol. The third-order valence-electron chi connectivity index (χ3n) is 3.53. The van der Waals surface area contributed by atoms with Crippen LogP contribution < -0.4 is 10.1 Å². The van der Waals surface area contributed by atoms with Crippen molar-refractivity contribution in [3.63, 3.8) is 0 Å². The number of hydrogen-bond donors (Lipinski definition) is 1. The Morgan fingerprint density at radius 3 is 2.63 bits per heavy atom. The van der Waals surface area contributed by atoms with Crippen molar-refractivity contribution in [1.82, 2.24) is 9.97 Å². The Bertz CT molecular complexity index is 934. The van der Waals surface area contributed by atoms with Gasteiger partial charge < -0.3 is 10.1 Å². The number of ether oxygens (including phenoxy) is 1. The summed E-state index contributed by atoms with van der Waals surface area (Å²) in [6, 6.07) is 15.5. The first-order valence-electron chi connectivity index (χ1n) is 8.26. The number of rotatable bonds is 7. The van der Waals surface area contributed by atoms with Crippen LogP contribution in [0.25, 0.3) is 0 Å². The fourth-order valence-corrected chi connectivity index (χ4v) is 4.13. The van der Waals surface area contributed by atoms with E-state index in [1.165, 1.54) is 17.3 Å². The normalized spacial score (nSPS) is 10.4. The summed E-state index contributed by atoms with van der Waals surface area (Å²) in [6.07, 6.45) is 3.31. The van der Waals surface area contributed by atoms with E-state index in [1.807, 2.05) is 30.3 Å². The van der Waals surface area contributed by atoms with Crippen LogP contribution in [0.4, 0.5) is 5.69 Å². The zero-order valence-corrected chi connectivity index (χ0v) is 16.6. The molecule has 0 saturated carbocycles. The number of carbonyl (C=O) groups excluding carboxylic acids is 1. The molecule has 5 nitrogen and oxygen atoms in total. The Kier molecular flexibility index (Phi) is 6.73. The molecule has 0 aliphatic carbocycles. The first-order valence-corrected chi connectivity index (χ1v) is 10.1. The third kappa shape index (κ3) is 5.74. The molecule has 1 N–H and O–H groups in total. The van der Waals surface area contributed by atoms with Gasteiger partial charge in [0.05, 0.1) is 12.9 Å². The Balaban J connectivity index is 1.63. The van der Waals surface area contributed by atoms with Gasteiger partial charge >= 0.3 is 0 Å². The molecule has 1 amide bonds. The molecule has 0 aliphatic rings. The van der Waals surface area contributed by atoms with Gasteiger partial charge in [-0.2, -0.15) is 0 Å². The van der Waals surface area contributed by atoms with Crippen LogP contribution in [0.1, 0.15) is 5.56 Å². The molecular weight excluding hydrogens is 378 g/mol. The lowest BCUT2D eigenvalue weighted by atomic mass is 10.2. The van der Waals surface area contributed by atoms with E-state index in [2.05, 4.69) is 34.3 Å². The predicted octanol–water partition coefficient (Wildman–Crippen LogP) is 4.68. The predicted molar refractivity (Wildman–Crippen MR) is 110 cm³/mol. The maximum atomic E-state index is 12.3. The van der Waals surface area contributed by atoms with Crippen LogP contribution in [0, 0.1) is 6.92 Å². The SMILES string of the molecule is COc1cccc(NC(=O)CSc2nccnc2Sc2cccc(C)c2)c1. The first kappa shape index (κ1) is 19.3. The van der Waals surface area contributed by atoms with E-state index in [1.54, 1.807) is 37.3 Å². The maximum Gasteiger partial charge on any atom is 0.234 e. The molecule has 138 valence electrons. The lowest BCUT2D eigenvalue weighted by Crippen LogP contribution is -2.14. The van der Waals surface area contributed by atoms with Crippen LogP contribution in [-0.4, -0.2) is 28.7 Å².